The molecule has 1 aliphatic rings. The van der Waals surface area contributed by atoms with Crippen LogP contribution < -0.4 is 5.73 Å². The molecular formula is C12H17N3S. The second-order valence-electron chi connectivity index (χ2n) is 5.11. The van der Waals surface area contributed by atoms with Gasteiger partial charge in [0.1, 0.15) is 10.4 Å². The number of hydrogen-bond acceptors (Lipinski definition) is 4. The van der Waals surface area contributed by atoms with E-state index in [9.17, 15) is 0 Å². The van der Waals surface area contributed by atoms with Gasteiger partial charge in [-0.1, -0.05) is 6.42 Å². The Kier molecular flexibility index (Phi) is 2.77. The van der Waals surface area contributed by atoms with Gasteiger partial charge in [-0.2, -0.15) is 5.26 Å². The molecule has 0 spiro atoms. The summed E-state index contributed by atoms with van der Waals surface area (Å²) in [7, 11) is 0. The second-order valence-corrected chi connectivity index (χ2v) is 5.97. The fourth-order valence-electron chi connectivity index (χ4n) is 2.02. The molecule has 0 amide bonds. The lowest BCUT2D eigenvalue weighted by atomic mass is 9.67. The van der Waals surface area contributed by atoms with Crippen LogP contribution in [0, 0.1) is 11.3 Å². The summed E-state index contributed by atoms with van der Waals surface area (Å²) in [5.41, 5.74) is 6.58. The van der Waals surface area contributed by atoms with Crippen molar-refractivity contribution in [1.82, 2.24) is 4.98 Å². The average molecular weight is 235 g/mol. The molecular weight excluding hydrogens is 218 g/mol. The van der Waals surface area contributed by atoms with E-state index in [1.807, 2.05) is 13.8 Å². The van der Waals surface area contributed by atoms with Gasteiger partial charge >= 0.3 is 0 Å². The third-order valence-corrected chi connectivity index (χ3v) is 4.73. The molecule has 0 aromatic carbocycles. The monoisotopic (exact) mass is 235 g/mol. The molecule has 0 aliphatic heterocycles. The zero-order chi connectivity index (χ0) is 11.8. The van der Waals surface area contributed by atoms with Crippen LogP contribution in [0.2, 0.25) is 0 Å². The molecule has 0 unspecified atom stereocenters. The van der Waals surface area contributed by atoms with Gasteiger partial charge in [0.05, 0.1) is 11.8 Å². The quantitative estimate of drug-likeness (QED) is 0.874. The van der Waals surface area contributed by atoms with Gasteiger partial charge in [0.25, 0.3) is 0 Å². The number of nitriles is 1. The van der Waals surface area contributed by atoms with E-state index < -0.39 is 5.41 Å². The van der Waals surface area contributed by atoms with Crippen LogP contribution in [-0.2, 0) is 10.8 Å². The Morgan fingerprint density at radius 2 is 2.31 bits per heavy atom. The maximum atomic E-state index is 9.08. The van der Waals surface area contributed by atoms with Crippen molar-refractivity contribution in [3.8, 4) is 6.07 Å². The van der Waals surface area contributed by atoms with Gasteiger partial charge in [-0.05, 0) is 26.7 Å². The van der Waals surface area contributed by atoms with Crippen molar-refractivity contribution in [1.29, 1.82) is 5.26 Å². The minimum absolute atomic E-state index is 0.111. The SMILES string of the molecule is CC(C)(C#N)c1nc(C2(CN)CCC2)cs1. The molecule has 1 aromatic rings. The minimum Gasteiger partial charge on any atom is -0.330 e. The summed E-state index contributed by atoms with van der Waals surface area (Å²) in [4.78, 5) is 4.63. The number of hydrogen-bond donors (Lipinski definition) is 1. The summed E-state index contributed by atoms with van der Waals surface area (Å²) in [6, 6.07) is 2.29. The minimum atomic E-state index is -0.484. The fourth-order valence-corrected chi connectivity index (χ4v) is 3.04. The molecule has 0 atom stereocenters. The van der Waals surface area contributed by atoms with E-state index in [2.05, 4.69) is 16.4 Å². The Labute approximate surface area is 100 Å². The highest BCUT2D eigenvalue weighted by Gasteiger charge is 2.40. The van der Waals surface area contributed by atoms with Gasteiger partial charge in [0.15, 0.2) is 0 Å². The van der Waals surface area contributed by atoms with Crippen LogP contribution in [0.1, 0.15) is 43.8 Å². The normalized spacial score (nSPS) is 18.9. The standard InChI is InChI=1S/C12H17N3S/c1-11(2,7-13)10-15-9(6-16-10)12(8-14)4-3-5-12/h6H,3-5,8,14H2,1-2H3. The highest BCUT2D eigenvalue weighted by atomic mass is 32.1. The summed E-state index contributed by atoms with van der Waals surface area (Å²) in [5.74, 6) is 0. The van der Waals surface area contributed by atoms with Crippen molar-refractivity contribution in [2.75, 3.05) is 6.54 Å². The van der Waals surface area contributed by atoms with E-state index >= 15 is 0 Å². The first kappa shape index (κ1) is 11.6. The van der Waals surface area contributed by atoms with Crippen molar-refractivity contribution in [3.63, 3.8) is 0 Å². The highest BCUT2D eigenvalue weighted by Crippen LogP contribution is 2.43. The maximum absolute atomic E-state index is 9.08. The highest BCUT2D eigenvalue weighted by molar-refractivity contribution is 7.09. The maximum Gasteiger partial charge on any atom is 0.113 e. The summed E-state index contributed by atoms with van der Waals surface area (Å²) in [5, 5.41) is 12.1. The first-order chi connectivity index (χ1) is 7.54. The van der Waals surface area contributed by atoms with Gasteiger partial charge in [-0.15, -0.1) is 11.3 Å². The lowest BCUT2D eigenvalue weighted by molar-refractivity contribution is 0.246. The van der Waals surface area contributed by atoms with E-state index in [0.29, 0.717) is 6.54 Å². The zero-order valence-corrected chi connectivity index (χ0v) is 10.6. The summed E-state index contributed by atoms with van der Waals surface area (Å²) in [6.45, 7) is 4.49. The first-order valence-electron chi connectivity index (χ1n) is 5.62. The molecule has 2 rings (SSSR count). The molecule has 0 bridgehead atoms. The van der Waals surface area contributed by atoms with Gasteiger partial charge < -0.3 is 5.73 Å². The smallest absolute Gasteiger partial charge is 0.113 e. The Hall–Kier alpha value is -0.920. The zero-order valence-electron chi connectivity index (χ0n) is 9.79. The van der Waals surface area contributed by atoms with E-state index in [4.69, 9.17) is 11.0 Å². The first-order valence-corrected chi connectivity index (χ1v) is 6.50. The Balaban J connectivity index is 2.30. The van der Waals surface area contributed by atoms with Crippen LogP contribution >= 0.6 is 11.3 Å². The van der Waals surface area contributed by atoms with Crippen LogP contribution in [-0.4, -0.2) is 11.5 Å². The Morgan fingerprint density at radius 3 is 2.75 bits per heavy atom. The van der Waals surface area contributed by atoms with Gasteiger partial charge in [0.2, 0.25) is 0 Å². The molecule has 1 saturated carbocycles. The van der Waals surface area contributed by atoms with Crippen molar-refractivity contribution in [3.05, 3.63) is 16.1 Å². The number of rotatable bonds is 3. The number of nitrogens with zero attached hydrogens (tertiary/aromatic N) is 2. The number of nitrogens with two attached hydrogens (primary N) is 1. The Bertz CT molecular complexity index is 418. The largest absolute Gasteiger partial charge is 0.330 e. The van der Waals surface area contributed by atoms with Crippen molar-refractivity contribution >= 4 is 11.3 Å². The van der Waals surface area contributed by atoms with Crippen LogP contribution in [0.5, 0.6) is 0 Å². The molecule has 1 fully saturated rings. The van der Waals surface area contributed by atoms with E-state index in [-0.39, 0.29) is 5.41 Å². The molecule has 4 heteroatoms. The average Bonchev–Trinajstić information content (AvgIpc) is 2.67. The van der Waals surface area contributed by atoms with Crippen molar-refractivity contribution in [2.45, 2.75) is 43.9 Å². The number of thiazole rings is 1. The van der Waals surface area contributed by atoms with Crippen LogP contribution in [0.25, 0.3) is 0 Å². The molecule has 1 aliphatic carbocycles. The fraction of sp³-hybridized carbons (Fsp3) is 0.667. The molecule has 0 radical (unpaired) electrons. The molecule has 1 heterocycles. The molecule has 0 saturated heterocycles. The predicted molar refractivity (Wildman–Crippen MR) is 65.3 cm³/mol. The topological polar surface area (TPSA) is 62.7 Å². The summed E-state index contributed by atoms with van der Waals surface area (Å²) in [6.07, 6.45) is 3.52. The molecule has 86 valence electrons. The molecule has 2 N–H and O–H groups in total. The lowest BCUT2D eigenvalue weighted by Crippen LogP contribution is -2.41. The van der Waals surface area contributed by atoms with Crippen LogP contribution in [0.15, 0.2) is 5.38 Å². The second kappa shape index (κ2) is 3.83. The van der Waals surface area contributed by atoms with E-state index in [1.54, 1.807) is 11.3 Å². The van der Waals surface area contributed by atoms with E-state index in [0.717, 1.165) is 23.5 Å². The summed E-state index contributed by atoms with van der Waals surface area (Å²) >= 11 is 1.58. The van der Waals surface area contributed by atoms with Crippen LogP contribution in [0.4, 0.5) is 0 Å². The van der Waals surface area contributed by atoms with Gasteiger partial charge in [-0.3, -0.25) is 0 Å². The lowest BCUT2D eigenvalue weighted by Gasteiger charge is -2.39. The van der Waals surface area contributed by atoms with Crippen molar-refractivity contribution < 1.29 is 0 Å². The number of aromatic nitrogens is 1. The third-order valence-electron chi connectivity index (χ3n) is 3.56. The molecule has 3 nitrogen and oxygen atoms in total. The van der Waals surface area contributed by atoms with Gasteiger partial charge in [-0.25, -0.2) is 4.98 Å². The van der Waals surface area contributed by atoms with Crippen LogP contribution in [0.3, 0.4) is 0 Å². The van der Waals surface area contributed by atoms with Gasteiger partial charge in [0, 0.05) is 17.3 Å². The van der Waals surface area contributed by atoms with E-state index in [1.165, 1.54) is 6.42 Å². The molecule has 1 aromatic heterocycles. The Morgan fingerprint density at radius 1 is 1.62 bits per heavy atom. The summed E-state index contributed by atoms with van der Waals surface area (Å²) < 4.78 is 0. The molecule has 16 heavy (non-hydrogen) atoms. The van der Waals surface area contributed by atoms with Crippen molar-refractivity contribution in [2.24, 2.45) is 5.73 Å². The third kappa shape index (κ3) is 1.64. The predicted octanol–water partition coefficient (Wildman–Crippen LogP) is 2.32.